The standard InChI is InChI=1S/C15H20N4O2/c1-11(2)15-18-13(19-21-15)7-9-17-14(20)6-5-12-4-3-8-16-10-12/h3-4,8,10-11H,5-7,9H2,1-2H3,(H,17,20). The van der Waals surface area contributed by atoms with Crippen LogP contribution in [0, 0.1) is 0 Å². The van der Waals surface area contributed by atoms with Crippen molar-refractivity contribution >= 4 is 5.91 Å². The van der Waals surface area contributed by atoms with E-state index in [1.165, 1.54) is 0 Å². The molecular formula is C15H20N4O2. The number of hydrogen-bond acceptors (Lipinski definition) is 5. The second-order valence-corrected chi connectivity index (χ2v) is 5.16. The molecule has 0 aliphatic rings. The highest BCUT2D eigenvalue weighted by Crippen LogP contribution is 2.10. The SMILES string of the molecule is CC(C)c1nc(CCNC(=O)CCc2cccnc2)no1. The zero-order valence-corrected chi connectivity index (χ0v) is 12.4. The van der Waals surface area contributed by atoms with Gasteiger partial charge in [0.05, 0.1) is 0 Å². The average Bonchev–Trinajstić information content (AvgIpc) is 2.95. The van der Waals surface area contributed by atoms with E-state index in [0.717, 1.165) is 5.56 Å². The van der Waals surface area contributed by atoms with E-state index in [1.807, 2.05) is 26.0 Å². The normalized spacial score (nSPS) is 10.8. The highest BCUT2D eigenvalue weighted by molar-refractivity contribution is 5.76. The molecule has 0 unspecified atom stereocenters. The molecule has 0 aromatic carbocycles. The molecule has 6 heteroatoms. The lowest BCUT2D eigenvalue weighted by atomic mass is 10.1. The minimum atomic E-state index is 0.0198. The number of rotatable bonds is 7. The fourth-order valence-corrected chi connectivity index (χ4v) is 1.81. The molecule has 0 bridgehead atoms. The van der Waals surface area contributed by atoms with Crippen LogP contribution in [0.1, 0.15) is 43.5 Å². The first-order chi connectivity index (χ1) is 10.1. The molecule has 0 spiro atoms. The number of aromatic nitrogens is 3. The van der Waals surface area contributed by atoms with Crippen molar-refractivity contribution in [2.45, 2.75) is 39.0 Å². The predicted octanol–water partition coefficient (Wildman–Crippen LogP) is 1.88. The molecule has 0 aliphatic carbocycles. The van der Waals surface area contributed by atoms with Crippen molar-refractivity contribution in [3.05, 3.63) is 41.8 Å². The van der Waals surface area contributed by atoms with Crippen LogP contribution in [0.5, 0.6) is 0 Å². The first-order valence-electron chi connectivity index (χ1n) is 7.13. The van der Waals surface area contributed by atoms with Gasteiger partial charge in [-0.25, -0.2) is 0 Å². The monoisotopic (exact) mass is 288 g/mol. The molecule has 2 aromatic heterocycles. The van der Waals surface area contributed by atoms with Crippen LogP contribution in [0.4, 0.5) is 0 Å². The Kier molecular flexibility index (Phi) is 5.43. The van der Waals surface area contributed by atoms with Crippen LogP contribution in [0.2, 0.25) is 0 Å². The van der Waals surface area contributed by atoms with Crippen LogP contribution in [0.25, 0.3) is 0 Å². The van der Waals surface area contributed by atoms with Gasteiger partial charge in [-0.1, -0.05) is 25.1 Å². The second-order valence-electron chi connectivity index (χ2n) is 5.16. The van der Waals surface area contributed by atoms with Gasteiger partial charge in [-0.3, -0.25) is 9.78 Å². The number of hydrogen-bond donors (Lipinski definition) is 1. The molecule has 1 amide bonds. The molecule has 0 saturated carbocycles. The molecule has 0 aliphatic heterocycles. The summed E-state index contributed by atoms with van der Waals surface area (Å²) in [6.07, 6.45) is 5.23. The van der Waals surface area contributed by atoms with Crippen LogP contribution in [-0.4, -0.2) is 27.6 Å². The van der Waals surface area contributed by atoms with Crippen molar-refractivity contribution in [1.29, 1.82) is 0 Å². The number of nitrogens with zero attached hydrogens (tertiary/aromatic N) is 3. The van der Waals surface area contributed by atoms with Gasteiger partial charge in [0, 0.05) is 37.7 Å². The number of aryl methyl sites for hydroxylation is 1. The Bertz CT molecular complexity index is 566. The van der Waals surface area contributed by atoms with Crippen molar-refractivity contribution in [2.75, 3.05) is 6.54 Å². The van der Waals surface area contributed by atoms with Crippen molar-refractivity contribution < 1.29 is 9.32 Å². The molecule has 0 fully saturated rings. The Balaban J connectivity index is 1.67. The van der Waals surface area contributed by atoms with Gasteiger partial charge in [-0.05, 0) is 18.1 Å². The first kappa shape index (κ1) is 15.2. The third-order valence-corrected chi connectivity index (χ3v) is 3.01. The Labute approximate surface area is 124 Å². The van der Waals surface area contributed by atoms with Crippen LogP contribution in [0.3, 0.4) is 0 Å². The third kappa shape index (κ3) is 4.98. The molecule has 0 saturated heterocycles. The molecule has 2 aromatic rings. The van der Waals surface area contributed by atoms with Gasteiger partial charge < -0.3 is 9.84 Å². The quantitative estimate of drug-likeness (QED) is 0.841. The maximum absolute atomic E-state index is 11.7. The van der Waals surface area contributed by atoms with Crippen molar-refractivity contribution in [3.63, 3.8) is 0 Å². The number of amides is 1. The number of carbonyl (C=O) groups is 1. The summed E-state index contributed by atoms with van der Waals surface area (Å²) in [5, 5.41) is 6.74. The molecule has 1 N–H and O–H groups in total. The number of nitrogens with one attached hydrogen (secondary N) is 1. The van der Waals surface area contributed by atoms with Gasteiger partial charge >= 0.3 is 0 Å². The zero-order chi connectivity index (χ0) is 15.1. The smallest absolute Gasteiger partial charge is 0.229 e. The maximum atomic E-state index is 11.7. The van der Waals surface area contributed by atoms with E-state index in [2.05, 4.69) is 20.4 Å². The van der Waals surface area contributed by atoms with E-state index in [-0.39, 0.29) is 11.8 Å². The van der Waals surface area contributed by atoms with Crippen LogP contribution >= 0.6 is 0 Å². The van der Waals surface area contributed by atoms with E-state index in [9.17, 15) is 4.79 Å². The summed E-state index contributed by atoms with van der Waals surface area (Å²) < 4.78 is 5.11. The van der Waals surface area contributed by atoms with E-state index in [4.69, 9.17) is 4.52 Å². The van der Waals surface area contributed by atoms with Gasteiger partial charge in [-0.2, -0.15) is 4.98 Å². The van der Waals surface area contributed by atoms with E-state index in [1.54, 1.807) is 12.4 Å². The van der Waals surface area contributed by atoms with Crippen molar-refractivity contribution in [3.8, 4) is 0 Å². The predicted molar refractivity (Wildman–Crippen MR) is 77.7 cm³/mol. The summed E-state index contributed by atoms with van der Waals surface area (Å²) in [7, 11) is 0. The van der Waals surface area contributed by atoms with Gasteiger partial charge in [0.1, 0.15) is 0 Å². The first-order valence-corrected chi connectivity index (χ1v) is 7.13. The summed E-state index contributed by atoms with van der Waals surface area (Å²) in [5.74, 6) is 1.51. The zero-order valence-electron chi connectivity index (χ0n) is 12.4. The molecule has 0 radical (unpaired) electrons. The summed E-state index contributed by atoms with van der Waals surface area (Å²) in [5.41, 5.74) is 1.06. The average molecular weight is 288 g/mol. The van der Waals surface area contributed by atoms with E-state index >= 15 is 0 Å². The number of pyridine rings is 1. The van der Waals surface area contributed by atoms with Crippen LogP contribution in [0.15, 0.2) is 29.0 Å². The fraction of sp³-hybridized carbons (Fsp3) is 0.467. The summed E-state index contributed by atoms with van der Waals surface area (Å²) in [6.45, 7) is 4.51. The lowest BCUT2D eigenvalue weighted by Crippen LogP contribution is -2.26. The minimum Gasteiger partial charge on any atom is -0.356 e. The largest absolute Gasteiger partial charge is 0.356 e. The molecule has 6 nitrogen and oxygen atoms in total. The third-order valence-electron chi connectivity index (χ3n) is 3.01. The maximum Gasteiger partial charge on any atom is 0.229 e. The van der Waals surface area contributed by atoms with Crippen molar-refractivity contribution in [1.82, 2.24) is 20.4 Å². The van der Waals surface area contributed by atoms with Crippen LogP contribution in [-0.2, 0) is 17.6 Å². The second kappa shape index (κ2) is 7.52. The molecule has 0 atom stereocenters. The Morgan fingerprint density at radius 2 is 2.24 bits per heavy atom. The van der Waals surface area contributed by atoms with Gasteiger partial charge in [0.15, 0.2) is 5.82 Å². The topological polar surface area (TPSA) is 80.9 Å². The Morgan fingerprint density at radius 3 is 2.90 bits per heavy atom. The summed E-state index contributed by atoms with van der Waals surface area (Å²) in [6, 6.07) is 3.84. The lowest BCUT2D eigenvalue weighted by Gasteiger charge is -2.03. The van der Waals surface area contributed by atoms with Gasteiger partial charge in [0.25, 0.3) is 0 Å². The van der Waals surface area contributed by atoms with Gasteiger partial charge in [0.2, 0.25) is 11.8 Å². The van der Waals surface area contributed by atoms with Crippen molar-refractivity contribution in [2.24, 2.45) is 0 Å². The van der Waals surface area contributed by atoms with E-state index < -0.39 is 0 Å². The summed E-state index contributed by atoms with van der Waals surface area (Å²) in [4.78, 5) is 20.0. The Hall–Kier alpha value is -2.24. The minimum absolute atomic E-state index is 0.0198. The fourth-order valence-electron chi connectivity index (χ4n) is 1.81. The lowest BCUT2D eigenvalue weighted by molar-refractivity contribution is -0.121. The molecule has 2 rings (SSSR count). The number of carbonyl (C=O) groups excluding carboxylic acids is 1. The van der Waals surface area contributed by atoms with E-state index in [0.29, 0.717) is 37.5 Å². The van der Waals surface area contributed by atoms with Gasteiger partial charge in [-0.15, -0.1) is 0 Å². The molecule has 112 valence electrons. The van der Waals surface area contributed by atoms with Crippen LogP contribution < -0.4 is 5.32 Å². The Morgan fingerprint density at radius 1 is 1.38 bits per heavy atom. The molecule has 2 heterocycles. The molecule has 21 heavy (non-hydrogen) atoms. The highest BCUT2D eigenvalue weighted by atomic mass is 16.5. The molecular weight excluding hydrogens is 268 g/mol. The highest BCUT2D eigenvalue weighted by Gasteiger charge is 2.10. The summed E-state index contributed by atoms with van der Waals surface area (Å²) >= 11 is 0.